The highest BCUT2D eigenvalue weighted by atomic mass is 127. The van der Waals surface area contributed by atoms with Crippen molar-refractivity contribution >= 4 is 53.1 Å². The Morgan fingerprint density at radius 3 is 2.75 bits per heavy atom. The number of nitrogens with zero attached hydrogens (tertiary/aromatic N) is 2. The highest BCUT2D eigenvalue weighted by molar-refractivity contribution is 14.0. The van der Waals surface area contributed by atoms with Gasteiger partial charge in [-0.15, -0.1) is 24.0 Å². The maximum absolute atomic E-state index is 6.08. The van der Waals surface area contributed by atoms with Gasteiger partial charge >= 0.3 is 0 Å². The normalized spacial score (nSPS) is 14.8. The Morgan fingerprint density at radius 1 is 1.38 bits per heavy atom. The van der Waals surface area contributed by atoms with Crippen LogP contribution in [0.25, 0.3) is 0 Å². The second kappa shape index (κ2) is 11.2. The number of halogens is 3. The van der Waals surface area contributed by atoms with Crippen molar-refractivity contribution in [2.45, 2.75) is 26.3 Å². The SMILES string of the molecule is CCNC(=NCc1cc(Cl)c(Cl)n1C)NCCC1=CCOCC1.I. The molecule has 0 aromatic carbocycles. The minimum absolute atomic E-state index is 0. The lowest BCUT2D eigenvalue weighted by atomic mass is 10.1. The number of aliphatic imine (C=N–C) groups is 1. The van der Waals surface area contributed by atoms with Gasteiger partial charge in [0.05, 0.1) is 24.8 Å². The molecule has 0 bridgehead atoms. The third-order valence-corrected chi connectivity index (χ3v) is 4.60. The molecular formula is C16H25Cl2IN4O. The Labute approximate surface area is 170 Å². The van der Waals surface area contributed by atoms with E-state index in [0.29, 0.717) is 16.7 Å². The van der Waals surface area contributed by atoms with Crippen LogP contribution in [0.5, 0.6) is 0 Å². The molecule has 1 aromatic heterocycles. The van der Waals surface area contributed by atoms with Crippen LogP contribution in [-0.2, 0) is 18.3 Å². The number of hydrogen-bond donors (Lipinski definition) is 2. The Morgan fingerprint density at radius 2 is 2.17 bits per heavy atom. The molecule has 1 aromatic rings. The molecule has 0 saturated heterocycles. The van der Waals surface area contributed by atoms with E-state index in [2.05, 4.69) is 28.6 Å². The first-order valence-electron chi connectivity index (χ1n) is 7.89. The average molecular weight is 487 g/mol. The van der Waals surface area contributed by atoms with Crippen molar-refractivity contribution in [2.24, 2.45) is 12.0 Å². The summed E-state index contributed by atoms with van der Waals surface area (Å²) < 4.78 is 7.17. The number of hydrogen-bond acceptors (Lipinski definition) is 2. The number of aromatic nitrogens is 1. The monoisotopic (exact) mass is 486 g/mol. The van der Waals surface area contributed by atoms with Gasteiger partial charge in [0.1, 0.15) is 5.15 Å². The van der Waals surface area contributed by atoms with Crippen molar-refractivity contribution in [1.82, 2.24) is 15.2 Å². The quantitative estimate of drug-likeness (QED) is 0.278. The van der Waals surface area contributed by atoms with E-state index in [9.17, 15) is 0 Å². The van der Waals surface area contributed by atoms with E-state index in [4.69, 9.17) is 27.9 Å². The van der Waals surface area contributed by atoms with Crippen LogP contribution >= 0.6 is 47.2 Å². The fourth-order valence-corrected chi connectivity index (χ4v) is 2.79. The summed E-state index contributed by atoms with van der Waals surface area (Å²) in [5.41, 5.74) is 2.42. The van der Waals surface area contributed by atoms with Gasteiger partial charge in [-0.05, 0) is 25.8 Å². The van der Waals surface area contributed by atoms with Gasteiger partial charge in [0.2, 0.25) is 0 Å². The van der Waals surface area contributed by atoms with E-state index in [1.54, 1.807) is 0 Å². The second-order valence-corrected chi connectivity index (χ2v) is 6.16. The van der Waals surface area contributed by atoms with Gasteiger partial charge in [0.15, 0.2) is 5.96 Å². The minimum atomic E-state index is 0. The lowest BCUT2D eigenvalue weighted by Crippen LogP contribution is -2.38. The van der Waals surface area contributed by atoms with Crippen LogP contribution in [0.4, 0.5) is 0 Å². The summed E-state index contributed by atoms with van der Waals surface area (Å²) in [7, 11) is 1.89. The van der Waals surface area contributed by atoms with Gasteiger partial charge in [-0.2, -0.15) is 0 Å². The predicted octanol–water partition coefficient (Wildman–Crippen LogP) is 3.74. The van der Waals surface area contributed by atoms with Crippen LogP contribution < -0.4 is 10.6 Å². The summed E-state index contributed by atoms with van der Waals surface area (Å²) in [6, 6.07) is 1.85. The van der Waals surface area contributed by atoms with Crippen LogP contribution in [-0.4, -0.2) is 36.8 Å². The largest absolute Gasteiger partial charge is 0.377 e. The third-order valence-electron chi connectivity index (χ3n) is 3.76. The molecule has 0 amide bonds. The number of guanidine groups is 1. The molecule has 0 saturated carbocycles. The highest BCUT2D eigenvalue weighted by Crippen LogP contribution is 2.25. The molecule has 0 unspecified atom stereocenters. The van der Waals surface area contributed by atoms with Gasteiger partial charge in [-0.3, -0.25) is 0 Å². The summed E-state index contributed by atoms with van der Waals surface area (Å²) in [5.74, 6) is 0.800. The molecule has 1 aliphatic heterocycles. The lowest BCUT2D eigenvalue weighted by molar-refractivity contribution is 0.153. The molecule has 0 aliphatic carbocycles. The topological polar surface area (TPSA) is 50.6 Å². The van der Waals surface area contributed by atoms with Crippen molar-refractivity contribution in [1.29, 1.82) is 0 Å². The van der Waals surface area contributed by atoms with Crippen LogP contribution in [0.2, 0.25) is 10.2 Å². The van der Waals surface area contributed by atoms with Crippen LogP contribution in [0.15, 0.2) is 22.7 Å². The lowest BCUT2D eigenvalue weighted by Gasteiger charge is -2.15. The smallest absolute Gasteiger partial charge is 0.191 e. The first kappa shape index (κ1) is 21.6. The summed E-state index contributed by atoms with van der Waals surface area (Å²) in [5, 5.41) is 7.71. The molecule has 0 atom stereocenters. The molecule has 2 N–H and O–H groups in total. The predicted molar refractivity (Wildman–Crippen MR) is 112 cm³/mol. The fraction of sp³-hybridized carbons (Fsp3) is 0.562. The van der Waals surface area contributed by atoms with Crippen LogP contribution in [0.1, 0.15) is 25.5 Å². The highest BCUT2D eigenvalue weighted by Gasteiger charge is 2.09. The molecule has 0 radical (unpaired) electrons. The summed E-state index contributed by atoms with van der Waals surface area (Å²) in [6.45, 7) is 5.81. The number of rotatable bonds is 6. The van der Waals surface area contributed by atoms with Crippen molar-refractivity contribution in [3.63, 3.8) is 0 Å². The first-order chi connectivity index (χ1) is 11.1. The van der Waals surface area contributed by atoms with Crippen molar-refractivity contribution in [3.8, 4) is 0 Å². The van der Waals surface area contributed by atoms with E-state index < -0.39 is 0 Å². The number of nitrogens with one attached hydrogen (secondary N) is 2. The molecule has 136 valence electrons. The fourth-order valence-electron chi connectivity index (χ4n) is 2.38. The van der Waals surface area contributed by atoms with Gasteiger partial charge in [0, 0.05) is 25.8 Å². The molecule has 24 heavy (non-hydrogen) atoms. The number of ether oxygens (including phenoxy) is 1. The Balaban J connectivity index is 0.00000288. The van der Waals surface area contributed by atoms with Crippen molar-refractivity contribution in [2.75, 3.05) is 26.3 Å². The molecule has 0 spiro atoms. The molecular weight excluding hydrogens is 462 g/mol. The van der Waals surface area contributed by atoms with Gasteiger partial charge in [0.25, 0.3) is 0 Å². The molecule has 8 heteroatoms. The molecule has 0 fully saturated rings. The first-order valence-corrected chi connectivity index (χ1v) is 8.64. The maximum Gasteiger partial charge on any atom is 0.191 e. The van der Waals surface area contributed by atoms with E-state index >= 15 is 0 Å². The zero-order valence-corrected chi connectivity index (χ0v) is 17.9. The van der Waals surface area contributed by atoms with Crippen molar-refractivity contribution < 1.29 is 4.74 Å². The average Bonchev–Trinajstić information content (AvgIpc) is 2.81. The summed E-state index contributed by atoms with van der Waals surface area (Å²) in [4.78, 5) is 4.59. The van der Waals surface area contributed by atoms with Crippen molar-refractivity contribution in [3.05, 3.63) is 33.6 Å². The zero-order chi connectivity index (χ0) is 16.7. The van der Waals surface area contributed by atoms with Gasteiger partial charge < -0.3 is 19.9 Å². The zero-order valence-electron chi connectivity index (χ0n) is 14.1. The van der Waals surface area contributed by atoms with Crippen LogP contribution in [0.3, 0.4) is 0 Å². The summed E-state index contributed by atoms with van der Waals surface area (Å²) >= 11 is 12.1. The Hall–Kier alpha value is -0.440. The third kappa shape index (κ3) is 6.46. The Kier molecular flexibility index (Phi) is 10.1. The van der Waals surface area contributed by atoms with E-state index in [0.717, 1.165) is 50.8 Å². The van der Waals surface area contributed by atoms with E-state index in [1.807, 2.05) is 17.7 Å². The maximum atomic E-state index is 6.08. The molecule has 5 nitrogen and oxygen atoms in total. The minimum Gasteiger partial charge on any atom is -0.377 e. The van der Waals surface area contributed by atoms with Crippen LogP contribution in [0, 0.1) is 0 Å². The standard InChI is InChI=1S/C16H24Cl2N4O.HI/c1-3-19-16(20-7-4-12-5-8-23-9-6-12)21-11-13-10-14(17)15(18)22(13)2;/h5,10H,3-4,6-9,11H2,1-2H3,(H2,19,20,21);1H. The Bertz CT molecular complexity index is 587. The molecule has 2 heterocycles. The molecule has 2 rings (SSSR count). The van der Waals surface area contributed by atoms with Gasteiger partial charge in [-0.25, -0.2) is 4.99 Å². The van der Waals surface area contributed by atoms with E-state index in [1.165, 1.54) is 5.57 Å². The second-order valence-electron chi connectivity index (χ2n) is 5.39. The van der Waals surface area contributed by atoms with Gasteiger partial charge in [-0.1, -0.05) is 34.9 Å². The summed E-state index contributed by atoms with van der Waals surface area (Å²) in [6.07, 6.45) is 4.20. The molecule has 1 aliphatic rings. The van der Waals surface area contributed by atoms with E-state index in [-0.39, 0.29) is 24.0 Å².